The maximum atomic E-state index is 12.5. The fourth-order valence-electron chi connectivity index (χ4n) is 9.87. The van der Waals surface area contributed by atoms with Crippen LogP contribution >= 0.6 is 0 Å². The smallest absolute Gasteiger partial charge is 0.305 e. The van der Waals surface area contributed by atoms with Gasteiger partial charge in [-0.05, 0) is 57.8 Å². The Morgan fingerprint density at radius 2 is 0.671 bits per heavy atom. The van der Waals surface area contributed by atoms with Crippen molar-refractivity contribution < 1.29 is 24.5 Å². The predicted molar refractivity (Wildman–Crippen MR) is 306 cm³/mol. The third kappa shape index (κ3) is 55.7. The number of hydrogen-bond donors (Lipinski definition) is 3. The highest BCUT2D eigenvalue weighted by atomic mass is 16.5. The van der Waals surface area contributed by atoms with Gasteiger partial charge < -0.3 is 20.3 Å². The minimum absolute atomic E-state index is 0.00130. The van der Waals surface area contributed by atoms with E-state index in [1.54, 1.807) is 6.08 Å². The number of esters is 1. The number of rotatable bonds is 59. The lowest BCUT2D eigenvalue weighted by atomic mass is 10.0. The van der Waals surface area contributed by atoms with Gasteiger partial charge in [-0.15, -0.1) is 0 Å². The highest BCUT2D eigenvalue weighted by Gasteiger charge is 2.18. The van der Waals surface area contributed by atoms with Crippen LogP contribution in [0.25, 0.3) is 0 Å². The lowest BCUT2D eigenvalue weighted by Crippen LogP contribution is -2.45. The molecule has 0 aliphatic carbocycles. The van der Waals surface area contributed by atoms with E-state index in [4.69, 9.17) is 4.74 Å². The standard InChI is InChI=1S/C64H123NO5/c1-3-5-7-9-11-13-15-17-19-21-22-23-25-28-32-36-40-44-48-52-56-62(67)61(60-66)65-63(68)57-53-49-45-41-37-33-29-26-24-27-31-35-39-43-47-51-55-59-70-64(69)58-54-50-46-42-38-34-30-20-18-16-14-12-10-8-6-4-2/h24,27,52,56,61-62,66-67H,3-23,25-26,28-51,53-55,57-60H2,1-2H3,(H,65,68)/b27-24-,56-52+. The molecule has 0 radical (unpaired) electrons. The lowest BCUT2D eigenvalue weighted by Gasteiger charge is -2.20. The summed E-state index contributed by atoms with van der Waals surface area (Å²) in [4.78, 5) is 24.6. The predicted octanol–water partition coefficient (Wildman–Crippen LogP) is 19.8. The zero-order valence-corrected chi connectivity index (χ0v) is 47.3. The maximum Gasteiger partial charge on any atom is 0.305 e. The average Bonchev–Trinajstić information content (AvgIpc) is 3.36. The molecule has 0 fully saturated rings. The van der Waals surface area contributed by atoms with Crippen LogP contribution in [0.2, 0.25) is 0 Å². The van der Waals surface area contributed by atoms with Crippen molar-refractivity contribution in [1.82, 2.24) is 5.32 Å². The topological polar surface area (TPSA) is 95.9 Å². The van der Waals surface area contributed by atoms with Gasteiger partial charge in [-0.3, -0.25) is 9.59 Å². The summed E-state index contributed by atoms with van der Waals surface area (Å²) >= 11 is 0. The number of aliphatic hydroxyl groups excluding tert-OH is 2. The minimum atomic E-state index is -0.853. The van der Waals surface area contributed by atoms with Crippen molar-refractivity contribution in [3.05, 3.63) is 24.3 Å². The van der Waals surface area contributed by atoms with E-state index in [2.05, 4.69) is 31.3 Å². The van der Waals surface area contributed by atoms with Crippen LogP contribution in [0, 0.1) is 0 Å². The molecule has 0 heterocycles. The minimum Gasteiger partial charge on any atom is -0.466 e. The molecule has 0 saturated heterocycles. The Morgan fingerprint density at radius 3 is 1.01 bits per heavy atom. The normalized spacial score (nSPS) is 12.7. The van der Waals surface area contributed by atoms with Crippen molar-refractivity contribution in [3.8, 4) is 0 Å². The number of amides is 1. The van der Waals surface area contributed by atoms with Crippen molar-refractivity contribution in [2.75, 3.05) is 13.2 Å². The summed E-state index contributed by atoms with van der Waals surface area (Å²) in [5, 5.41) is 23.2. The second-order valence-electron chi connectivity index (χ2n) is 21.7. The molecule has 0 rings (SSSR count). The van der Waals surface area contributed by atoms with Gasteiger partial charge in [0.15, 0.2) is 0 Å². The third-order valence-electron chi connectivity index (χ3n) is 14.7. The Morgan fingerprint density at radius 1 is 0.386 bits per heavy atom. The Labute approximate surface area is 437 Å². The molecule has 0 aliphatic heterocycles. The summed E-state index contributed by atoms with van der Waals surface area (Å²) in [6.07, 6.45) is 73.6. The molecule has 70 heavy (non-hydrogen) atoms. The van der Waals surface area contributed by atoms with Crippen LogP contribution in [-0.4, -0.2) is 47.4 Å². The molecular weight excluding hydrogens is 863 g/mol. The average molecular weight is 987 g/mol. The molecule has 414 valence electrons. The first-order chi connectivity index (χ1) is 34.5. The summed E-state index contributed by atoms with van der Waals surface area (Å²) in [7, 11) is 0. The molecule has 0 bridgehead atoms. The highest BCUT2D eigenvalue weighted by Crippen LogP contribution is 2.18. The largest absolute Gasteiger partial charge is 0.466 e. The van der Waals surface area contributed by atoms with E-state index in [1.807, 2.05) is 6.08 Å². The number of ether oxygens (including phenoxy) is 1. The Bertz CT molecular complexity index is 1090. The molecule has 6 heteroatoms. The van der Waals surface area contributed by atoms with E-state index in [-0.39, 0.29) is 18.5 Å². The molecule has 2 atom stereocenters. The van der Waals surface area contributed by atoms with Crippen molar-refractivity contribution >= 4 is 11.9 Å². The summed E-state index contributed by atoms with van der Waals surface area (Å²) < 4.78 is 5.48. The number of aliphatic hydroxyl groups is 2. The number of nitrogens with one attached hydrogen (secondary N) is 1. The Kier molecular flexibility index (Phi) is 58.5. The molecule has 0 aromatic carbocycles. The summed E-state index contributed by atoms with van der Waals surface area (Å²) in [5.74, 6) is -0.0756. The van der Waals surface area contributed by atoms with Crippen LogP contribution < -0.4 is 5.32 Å². The molecule has 2 unspecified atom stereocenters. The number of carbonyl (C=O) groups excluding carboxylic acids is 2. The van der Waals surface area contributed by atoms with E-state index >= 15 is 0 Å². The summed E-state index contributed by atoms with van der Waals surface area (Å²) in [6.45, 7) is 4.91. The van der Waals surface area contributed by atoms with Gasteiger partial charge in [-0.25, -0.2) is 0 Å². The van der Waals surface area contributed by atoms with Crippen LogP contribution in [0.3, 0.4) is 0 Å². The number of allylic oxidation sites excluding steroid dienone is 3. The summed E-state index contributed by atoms with van der Waals surface area (Å²) in [6, 6.07) is -0.637. The molecule has 3 N–H and O–H groups in total. The molecule has 0 spiro atoms. The first kappa shape index (κ1) is 68.3. The fourth-order valence-corrected chi connectivity index (χ4v) is 9.87. The van der Waals surface area contributed by atoms with Crippen molar-refractivity contribution in [2.24, 2.45) is 0 Å². The molecular formula is C64H123NO5. The zero-order valence-electron chi connectivity index (χ0n) is 47.3. The monoisotopic (exact) mass is 986 g/mol. The summed E-state index contributed by atoms with van der Waals surface area (Å²) in [5.41, 5.74) is 0. The quantitative estimate of drug-likeness (QED) is 0.0321. The molecule has 6 nitrogen and oxygen atoms in total. The second kappa shape index (κ2) is 59.9. The van der Waals surface area contributed by atoms with E-state index < -0.39 is 12.1 Å². The van der Waals surface area contributed by atoms with E-state index in [9.17, 15) is 19.8 Å². The Balaban J connectivity index is 3.47. The SMILES string of the molecule is CCCCCCCCCCCCCCCCCCCC/C=C/C(O)C(CO)NC(=O)CCCCCCCCC/C=C\CCCCCCCCOC(=O)CCCCCCCCCCCCCCCCCC. The van der Waals surface area contributed by atoms with E-state index in [0.717, 1.165) is 57.8 Å². The fraction of sp³-hybridized carbons (Fsp3) is 0.906. The van der Waals surface area contributed by atoms with Gasteiger partial charge >= 0.3 is 5.97 Å². The Hall–Kier alpha value is -1.66. The molecule has 1 amide bonds. The van der Waals surface area contributed by atoms with Gasteiger partial charge in [0, 0.05) is 12.8 Å². The molecule has 0 saturated carbocycles. The highest BCUT2D eigenvalue weighted by molar-refractivity contribution is 5.76. The van der Waals surface area contributed by atoms with Gasteiger partial charge in [-0.2, -0.15) is 0 Å². The number of unbranched alkanes of at least 4 members (excludes halogenated alkanes) is 46. The van der Waals surface area contributed by atoms with E-state index in [0.29, 0.717) is 19.4 Å². The lowest BCUT2D eigenvalue weighted by molar-refractivity contribution is -0.143. The number of carbonyl (C=O) groups is 2. The zero-order chi connectivity index (χ0) is 50.7. The van der Waals surface area contributed by atoms with Crippen LogP contribution in [-0.2, 0) is 14.3 Å². The van der Waals surface area contributed by atoms with Crippen molar-refractivity contribution in [2.45, 2.75) is 360 Å². The van der Waals surface area contributed by atoms with Crippen LogP contribution in [0.1, 0.15) is 348 Å². The van der Waals surface area contributed by atoms with E-state index in [1.165, 1.54) is 263 Å². The maximum absolute atomic E-state index is 12.5. The molecule has 0 aromatic rings. The van der Waals surface area contributed by atoms with Gasteiger partial charge in [0.1, 0.15) is 0 Å². The van der Waals surface area contributed by atoms with Crippen LogP contribution in [0.4, 0.5) is 0 Å². The molecule has 0 aliphatic rings. The van der Waals surface area contributed by atoms with Gasteiger partial charge in [0.2, 0.25) is 5.91 Å². The van der Waals surface area contributed by atoms with Gasteiger partial charge in [0.05, 0.1) is 25.4 Å². The van der Waals surface area contributed by atoms with Gasteiger partial charge in [-0.1, -0.05) is 301 Å². The van der Waals surface area contributed by atoms with Crippen molar-refractivity contribution in [3.63, 3.8) is 0 Å². The van der Waals surface area contributed by atoms with Crippen LogP contribution in [0.5, 0.6) is 0 Å². The third-order valence-corrected chi connectivity index (χ3v) is 14.7. The van der Waals surface area contributed by atoms with Crippen molar-refractivity contribution in [1.29, 1.82) is 0 Å². The van der Waals surface area contributed by atoms with Crippen LogP contribution in [0.15, 0.2) is 24.3 Å². The first-order valence-electron chi connectivity index (χ1n) is 31.6. The van der Waals surface area contributed by atoms with Gasteiger partial charge in [0.25, 0.3) is 0 Å². The number of hydrogen-bond acceptors (Lipinski definition) is 5. The second-order valence-corrected chi connectivity index (χ2v) is 21.7. The molecule has 0 aromatic heterocycles. The first-order valence-corrected chi connectivity index (χ1v) is 31.6.